The van der Waals surface area contributed by atoms with E-state index < -0.39 is 0 Å². The molecule has 5 heteroatoms. The van der Waals surface area contributed by atoms with Crippen LogP contribution in [-0.2, 0) is 4.79 Å². The van der Waals surface area contributed by atoms with Crippen molar-refractivity contribution in [2.45, 2.75) is 19.0 Å². The van der Waals surface area contributed by atoms with Crippen molar-refractivity contribution in [3.05, 3.63) is 0 Å². The Balaban J connectivity index is 2.25. The Labute approximate surface area is 89.8 Å². The van der Waals surface area contributed by atoms with Crippen LogP contribution in [0.3, 0.4) is 0 Å². The Kier molecular flexibility index (Phi) is 4.71. The van der Waals surface area contributed by atoms with Gasteiger partial charge in [0.2, 0.25) is 5.91 Å². The van der Waals surface area contributed by atoms with E-state index in [9.17, 15) is 4.79 Å². The van der Waals surface area contributed by atoms with E-state index in [1.165, 1.54) is 0 Å². The number of hydrogen-bond acceptors (Lipinski definition) is 4. The highest BCUT2D eigenvalue weighted by atomic mass is 32.2. The largest absolute Gasteiger partial charge is 0.351 e. The Bertz CT molecular complexity index is 192. The number of thioether (sulfide) groups is 1. The molecule has 1 saturated heterocycles. The van der Waals surface area contributed by atoms with Crippen molar-refractivity contribution in [3.8, 4) is 0 Å². The maximum atomic E-state index is 11.6. The molecule has 82 valence electrons. The number of carbonyl (C=O) groups excluding carboxylic acids is 1. The molecule has 2 atom stereocenters. The van der Waals surface area contributed by atoms with Crippen LogP contribution in [0.4, 0.5) is 0 Å². The highest BCUT2D eigenvalue weighted by Crippen LogP contribution is 2.09. The van der Waals surface area contributed by atoms with Gasteiger partial charge in [0.1, 0.15) is 0 Å². The van der Waals surface area contributed by atoms with Crippen molar-refractivity contribution in [3.63, 3.8) is 0 Å². The van der Waals surface area contributed by atoms with Crippen LogP contribution in [0.25, 0.3) is 0 Å². The van der Waals surface area contributed by atoms with Crippen LogP contribution in [0.2, 0.25) is 0 Å². The second-order valence-corrected chi connectivity index (χ2v) is 4.97. The second kappa shape index (κ2) is 5.58. The van der Waals surface area contributed by atoms with E-state index in [1.54, 1.807) is 11.8 Å². The summed E-state index contributed by atoms with van der Waals surface area (Å²) in [5, 5.41) is 6.15. The Morgan fingerprint density at radius 1 is 1.71 bits per heavy atom. The Hall–Kier alpha value is -0.260. The Morgan fingerprint density at radius 2 is 2.43 bits per heavy atom. The topological polar surface area (TPSA) is 44.4 Å². The number of nitrogens with zero attached hydrogens (tertiary/aromatic N) is 1. The number of amides is 1. The van der Waals surface area contributed by atoms with Crippen LogP contribution in [0.5, 0.6) is 0 Å². The summed E-state index contributed by atoms with van der Waals surface area (Å²) in [4.78, 5) is 13.7. The van der Waals surface area contributed by atoms with Crippen molar-refractivity contribution < 1.29 is 4.79 Å². The minimum atomic E-state index is 0.00427. The molecule has 14 heavy (non-hydrogen) atoms. The third-order valence-electron chi connectivity index (χ3n) is 2.06. The fourth-order valence-corrected chi connectivity index (χ4v) is 2.44. The molecule has 1 fully saturated rings. The van der Waals surface area contributed by atoms with Crippen LogP contribution in [0.15, 0.2) is 0 Å². The molecule has 0 radical (unpaired) electrons. The normalized spacial score (nSPS) is 23.9. The zero-order chi connectivity index (χ0) is 10.6. The zero-order valence-corrected chi connectivity index (χ0v) is 9.86. The van der Waals surface area contributed by atoms with Gasteiger partial charge in [0.15, 0.2) is 0 Å². The SMILES string of the molecule is CC(CN(C)C)NC(=O)C1CSCN1. The summed E-state index contributed by atoms with van der Waals surface area (Å²) in [6.45, 7) is 2.91. The number of carbonyl (C=O) groups is 1. The van der Waals surface area contributed by atoms with Crippen molar-refractivity contribution in [1.82, 2.24) is 15.5 Å². The Morgan fingerprint density at radius 3 is 2.93 bits per heavy atom. The van der Waals surface area contributed by atoms with Crippen LogP contribution in [0, 0.1) is 0 Å². The summed E-state index contributed by atoms with van der Waals surface area (Å²) in [6, 6.07) is 0.217. The molecule has 2 unspecified atom stereocenters. The second-order valence-electron chi connectivity index (χ2n) is 3.94. The molecule has 0 spiro atoms. The quantitative estimate of drug-likeness (QED) is 0.679. The molecule has 1 heterocycles. The molecule has 0 bridgehead atoms. The monoisotopic (exact) mass is 217 g/mol. The van der Waals surface area contributed by atoms with E-state index in [4.69, 9.17) is 0 Å². The lowest BCUT2D eigenvalue weighted by Crippen LogP contribution is -2.48. The van der Waals surface area contributed by atoms with Gasteiger partial charge in [-0.2, -0.15) is 0 Å². The highest BCUT2D eigenvalue weighted by molar-refractivity contribution is 7.99. The van der Waals surface area contributed by atoms with E-state index in [0.29, 0.717) is 0 Å². The summed E-state index contributed by atoms with van der Waals surface area (Å²) in [5.74, 6) is 1.91. The third-order valence-corrected chi connectivity index (χ3v) is 3.00. The lowest BCUT2D eigenvalue weighted by Gasteiger charge is -2.20. The number of rotatable bonds is 4. The molecule has 0 aromatic rings. The van der Waals surface area contributed by atoms with Gasteiger partial charge in [-0.3, -0.25) is 10.1 Å². The molecule has 0 aliphatic carbocycles. The van der Waals surface area contributed by atoms with E-state index in [0.717, 1.165) is 18.2 Å². The summed E-state index contributed by atoms with van der Waals surface area (Å²) in [7, 11) is 4.01. The maximum Gasteiger partial charge on any atom is 0.238 e. The highest BCUT2D eigenvalue weighted by Gasteiger charge is 2.23. The first-order valence-corrected chi connectivity index (χ1v) is 6.01. The molecule has 1 amide bonds. The van der Waals surface area contributed by atoms with Gasteiger partial charge in [0.25, 0.3) is 0 Å². The third kappa shape index (κ3) is 3.86. The van der Waals surface area contributed by atoms with Gasteiger partial charge in [0, 0.05) is 24.2 Å². The van der Waals surface area contributed by atoms with Gasteiger partial charge in [-0.25, -0.2) is 0 Å². The standard InChI is InChI=1S/C9H19N3OS/c1-7(4-12(2)3)11-9(13)8-5-14-6-10-8/h7-8,10H,4-6H2,1-3H3,(H,11,13). The van der Waals surface area contributed by atoms with Crippen LogP contribution >= 0.6 is 11.8 Å². The molecule has 4 nitrogen and oxygen atoms in total. The van der Waals surface area contributed by atoms with E-state index in [-0.39, 0.29) is 18.0 Å². The molecule has 0 saturated carbocycles. The average Bonchev–Trinajstić information content (AvgIpc) is 2.53. The van der Waals surface area contributed by atoms with E-state index in [2.05, 4.69) is 15.5 Å². The molecular weight excluding hydrogens is 198 g/mol. The summed E-state index contributed by atoms with van der Waals surface area (Å²) >= 11 is 1.77. The average molecular weight is 217 g/mol. The molecule has 0 aromatic heterocycles. The number of nitrogens with one attached hydrogen (secondary N) is 2. The molecule has 1 aliphatic rings. The first-order chi connectivity index (χ1) is 6.59. The summed E-state index contributed by atoms with van der Waals surface area (Å²) in [6.07, 6.45) is 0. The lowest BCUT2D eigenvalue weighted by atomic mass is 10.2. The fraction of sp³-hybridized carbons (Fsp3) is 0.889. The molecule has 2 N–H and O–H groups in total. The van der Waals surface area contributed by atoms with Gasteiger partial charge < -0.3 is 10.2 Å². The van der Waals surface area contributed by atoms with Gasteiger partial charge in [-0.05, 0) is 21.0 Å². The first-order valence-electron chi connectivity index (χ1n) is 4.86. The zero-order valence-electron chi connectivity index (χ0n) is 9.04. The van der Waals surface area contributed by atoms with Crippen molar-refractivity contribution >= 4 is 17.7 Å². The molecular formula is C9H19N3OS. The van der Waals surface area contributed by atoms with Crippen molar-refractivity contribution in [1.29, 1.82) is 0 Å². The van der Waals surface area contributed by atoms with Crippen LogP contribution < -0.4 is 10.6 Å². The number of likely N-dealkylation sites (N-methyl/N-ethyl adjacent to an activating group) is 1. The van der Waals surface area contributed by atoms with Gasteiger partial charge in [0.05, 0.1) is 6.04 Å². The lowest BCUT2D eigenvalue weighted by molar-refractivity contribution is -0.123. The van der Waals surface area contributed by atoms with Crippen molar-refractivity contribution in [2.75, 3.05) is 32.3 Å². The maximum absolute atomic E-state index is 11.6. The van der Waals surface area contributed by atoms with Crippen LogP contribution in [-0.4, -0.2) is 55.2 Å². The minimum Gasteiger partial charge on any atom is -0.351 e. The number of hydrogen-bond donors (Lipinski definition) is 2. The van der Waals surface area contributed by atoms with Gasteiger partial charge in [-0.1, -0.05) is 0 Å². The minimum absolute atomic E-state index is 0.00427. The van der Waals surface area contributed by atoms with Crippen molar-refractivity contribution in [2.24, 2.45) is 0 Å². The molecule has 1 aliphatic heterocycles. The molecule has 0 aromatic carbocycles. The summed E-state index contributed by atoms with van der Waals surface area (Å²) < 4.78 is 0. The first kappa shape index (κ1) is 11.8. The smallest absolute Gasteiger partial charge is 0.238 e. The van der Waals surface area contributed by atoms with E-state index >= 15 is 0 Å². The van der Waals surface area contributed by atoms with E-state index in [1.807, 2.05) is 21.0 Å². The van der Waals surface area contributed by atoms with Gasteiger partial charge in [-0.15, -0.1) is 11.8 Å². The van der Waals surface area contributed by atoms with Gasteiger partial charge >= 0.3 is 0 Å². The summed E-state index contributed by atoms with van der Waals surface area (Å²) in [5.41, 5.74) is 0. The molecule has 1 rings (SSSR count). The predicted octanol–water partition coefficient (Wildman–Crippen LogP) is -0.285. The fourth-order valence-electron chi connectivity index (χ4n) is 1.50. The van der Waals surface area contributed by atoms with Crippen LogP contribution in [0.1, 0.15) is 6.92 Å². The predicted molar refractivity (Wildman–Crippen MR) is 60.4 cm³/mol.